The molecule has 1 aromatic heterocycles. The Kier molecular flexibility index (Phi) is 4.77. The van der Waals surface area contributed by atoms with Crippen LogP contribution in [-0.2, 0) is 5.75 Å². The van der Waals surface area contributed by atoms with Crippen LogP contribution in [-0.4, -0.2) is 21.0 Å². The molecule has 0 saturated heterocycles. The topological polar surface area (TPSA) is 93.3 Å². The summed E-state index contributed by atoms with van der Waals surface area (Å²) >= 11 is 7.13. The van der Waals surface area contributed by atoms with Gasteiger partial charge in [-0.2, -0.15) is 0 Å². The Morgan fingerprint density at radius 2 is 2.14 bits per heavy atom. The van der Waals surface area contributed by atoms with Crippen molar-refractivity contribution in [1.82, 2.24) is 4.98 Å². The van der Waals surface area contributed by atoms with Crippen molar-refractivity contribution < 1.29 is 14.8 Å². The Labute approximate surface area is 128 Å². The van der Waals surface area contributed by atoms with Crippen molar-refractivity contribution in [2.75, 3.05) is 0 Å². The zero-order valence-electron chi connectivity index (χ0n) is 10.5. The van der Waals surface area contributed by atoms with Crippen molar-refractivity contribution >= 4 is 35.0 Å². The number of halogens is 1. The summed E-state index contributed by atoms with van der Waals surface area (Å²) in [5.74, 6) is -0.814. The fourth-order valence-electron chi connectivity index (χ4n) is 1.63. The van der Waals surface area contributed by atoms with Gasteiger partial charge >= 0.3 is 5.97 Å². The average Bonchev–Trinajstić information content (AvgIpc) is 2.45. The number of pyridine rings is 1. The summed E-state index contributed by atoms with van der Waals surface area (Å²) in [5, 5.41) is 20.2. The van der Waals surface area contributed by atoms with Crippen LogP contribution in [0.1, 0.15) is 16.1 Å². The van der Waals surface area contributed by atoms with Gasteiger partial charge < -0.3 is 5.11 Å². The smallest absolute Gasteiger partial charge is 0.354 e. The molecule has 0 saturated carbocycles. The molecule has 1 heterocycles. The second-order valence-electron chi connectivity index (χ2n) is 4.00. The summed E-state index contributed by atoms with van der Waals surface area (Å²) in [7, 11) is 0. The van der Waals surface area contributed by atoms with E-state index >= 15 is 0 Å². The predicted molar refractivity (Wildman–Crippen MR) is 78.9 cm³/mol. The van der Waals surface area contributed by atoms with Gasteiger partial charge in [-0.25, -0.2) is 9.78 Å². The SMILES string of the molecule is O=C(O)c1cc(SCc2cc(Cl)ccc2[N+](=O)[O-])ccn1. The van der Waals surface area contributed by atoms with Crippen molar-refractivity contribution in [3.05, 3.63) is 62.9 Å². The zero-order valence-corrected chi connectivity index (χ0v) is 12.1. The first-order valence-corrected chi connectivity index (χ1v) is 7.08. The maximum atomic E-state index is 11.0. The van der Waals surface area contributed by atoms with Gasteiger partial charge in [-0.05, 0) is 24.3 Å². The average molecular weight is 325 g/mol. The lowest BCUT2D eigenvalue weighted by molar-refractivity contribution is -0.385. The Balaban J connectivity index is 2.20. The second kappa shape index (κ2) is 6.55. The van der Waals surface area contributed by atoms with E-state index in [4.69, 9.17) is 16.7 Å². The van der Waals surface area contributed by atoms with Gasteiger partial charge in [0.05, 0.1) is 4.92 Å². The summed E-state index contributed by atoms with van der Waals surface area (Å²) in [4.78, 5) is 25.7. The molecule has 0 fully saturated rings. The van der Waals surface area contributed by atoms with Crippen LogP contribution in [0.5, 0.6) is 0 Å². The molecule has 0 amide bonds. The van der Waals surface area contributed by atoms with Crippen LogP contribution >= 0.6 is 23.4 Å². The fourth-order valence-corrected chi connectivity index (χ4v) is 2.73. The molecule has 0 unspecified atom stereocenters. The number of benzene rings is 1. The molecule has 1 N–H and O–H groups in total. The third kappa shape index (κ3) is 3.93. The van der Waals surface area contributed by atoms with Gasteiger partial charge in [0.2, 0.25) is 0 Å². The standard InChI is InChI=1S/C13H9ClN2O4S/c14-9-1-2-12(16(19)20)8(5-9)7-21-10-3-4-15-11(6-10)13(17)18/h1-6H,7H2,(H,17,18). The summed E-state index contributed by atoms with van der Waals surface area (Å²) in [6, 6.07) is 7.42. The zero-order chi connectivity index (χ0) is 15.4. The van der Waals surface area contributed by atoms with Crippen LogP contribution in [0.4, 0.5) is 5.69 Å². The third-order valence-corrected chi connectivity index (χ3v) is 3.86. The fraction of sp³-hybridized carbons (Fsp3) is 0.0769. The van der Waals surface area contributed by atoms with E-state index in [9.17, 15) is 14.9 Å². The lowest BCUT2D eigenvalue weighted by atomic mass is 10.2. The van der Waals surface area contributed by atoms with Crippen molar-refractivity contribution in [3.63, 3.8) is 0 Å². The highest BCUT2D eigenvalue weighted by atomic mass is 35.5. The van der Waals surface area contributed by atoms with E-state index < -0.39 is 10.9 Å². The van der Waals surface area contributed by atoms with Crippen LogP contribution in [0.25, 0.3) is 0 Å². The predicted octanol–water partition coefficient (Wildman–Crippen LogP) is 3.63. The molecule has 0 radical (unpaired) electrons. The number of nitro benzene ring substituents is 1. The lowest BCUT2D eigenvalue weighted by Crippen LogP contribution is -1.99. The van der Waals surface area contributed by atoms with Gasteiger partial charge in [0.25, 0.3) is 5.69 Å². The quantitative estimate of drug-likeness (QED) is 0.512. The minimum Gasteiger partial charge on any atom is -0.477 e. The third-order valence-electron chi connectivity index (χ3n) is 2.58. The van der Waals surface area contributed by atoms with Crippen molar-refractivity contribution in [1.29, 1.82) is 0 Å². The highest BCUT2D eigenvalue weighted by Crippen LogP contribution is 2.30. The van der Waals surface area contributed by atoms with E-state index in [1.54, 1.807) is 6.07 Å². The van der Waals surface area contributed by atoms with Gasteiger partial charge in [0, 0.05) is 33.5 Å². The van der Waals surface area contributed by atoms with Crippen molar-refractivity contribution in [2.45, 2.75) is 10.6 Å². The second-order valence-corrected chi connectivity index (χ2v) is 5.49. The largest absolute Gasteiger partial charge is 0.477 e. The summed E-state index contributed by atoms with van der Waals surface area (Å²) in [5.41, 5.74) is 0.395. The van der Waals surface area contributed by atoms with Crippen molar-refractivity contribution in [2.24, 2.45) is 0 Å². The van der Waals surface area contributed by atoms with Crippen LogP contribution in [0.2, 0.25) is 5.02 Å². The number of aromatic carboxylic acids is 1. The number of hydrogen-bond donors (Lipinski definition) is 1. The summed E-state index contributed by atoms with van der Waals surface area (Å²) in [6.07, 6.45) is 1.39. The minimum atomic E-state index is -1.12. The molecule has 0 aliphatic rings. The van der Waals surface area contributed by atoms with Gasteiger partial charge in [-0.1, -0.05) is 11.6 Å². The molecule has 21 heavy (non-hydrogen) atoms. The van der Waals surface area contributed by atoms with E-state index in [1.165, 1.54) is 42.2 Å². The number of carbonyl (C=O) groups is 1. The van der Waals surface area contributed by atoms with E-state index in [0.29, 0.717) is 21.2 Å². The Morgan fingerprint density at radius 3 is 2.81 bits per heavy atom. The number of nitrogens with zero attached hydrogens (tertiary/aromatic N) is 2. The maximum Gasteiger partial charge on any atom is 0.354 e. The molecule has 1 aromatic carbocycles. The van der Waals surface area contributed by atoms with E-state index in [2.05, 4.69) is 4.98 Å². The molecule has 8 heteroatoms. The molecule has 0 bridgehead atoms. The molecule has 2 aromatic rings. The molecular weight excluding hydrogens is 316 g/mol. The molecule has 0 spiro atoms. The van der Waals surface area contributed by atoms with Crippen LogP contribution in [0, 0.1) is 10.1 Å². The lowest BCUT2D eigenvalue weighted by Gasteiger charge is -2.04. The van der Waals surface area contributed by atoms with Crippen molar-refractivity contribution in [3.8, 4) is 0 Å². The molecule has 0 atom stereocenters. The Morgan fingerprint density at radius 1 is 1.38 bits per heavy atom. The number of carboxylic acids is 1. The highest BCUT2D eigenvalue weighted by molar-refractivity contribution is 7.98. The number of thioether (sulfide) groups is 1. The van der Waals surface area contributed by atoms with Gasteiger partial charge in [0.1, 0.15) is 5.69 Å². The Hall–Kier alpha value is -2.12. The first-order chi connectivity index (χ1) is 9.97. The molecule has 0 aliphatic carbocycles. The van der Waals surface area contributed by atoms with Crippen LogP contribution < -0.4 is 0 Å². The first kappa shape index (κ1) is 15.3. The van der Waals surface area contributed by atoms with Gasteiger partial charge in [-0.15, -0.1) is 11.8 Å². The maximum absolute atomic E-state index is 11.0. The summed E-state index contributed by atoms with van der Waals surface area (Å²) in [6.45, 7) is 0. The number of rotatable bonds is 5. The molecule has 6 nitrogen and oxygen atoms in total. The molecule has 108 valence electrons. The normalized spacial score (nSPS) is 10.3. The Bertz CT molecular complexity index is 708. The van der Waals surface area contributed by atoms with E-state index in [-0.39, 0.29) is 11.4 Å². The number of hydrogen-bond acceptors (Lipinski definition) is 5. The first-order valence-electron chi connectivity index (χ1n) is 5.72. The monoisotopic (exact) mass is 324 g/mol. The van der Waals surface area contributed by atoms with Crippen LogP contribution in [0.15, 0.2) is 41.4 Å². The molecule has 2 rings (SSSR count). The van der Waals surface area contributed by atoms with Crippen LogP contribution in [0.3, 0.4) is 0 Å². The number of aromatic nitrogens is 1. The molecule has 0 aliphatic heterocycles. The number of carboxylic acid groups (broad SMARTS) is 1. The van der Waals surface area contributed by atoms with Gasteiger partial charge in [-0.3, -0.25) is 10.1 Å². The van der Waals surface area contributed by atoms with E-state index in [0.717, 1.165) is 0 Å². The number of nitro groups is 1. The van der Waals surface area contributed by atoms with E-state index in [1.807, 2.05) is 0 Å². The summed E-state index contributed by atoms with van der Waals surface area (Å²) < 4.78 is 0. The highest BCUT2D eigenvalue weighted by Gasteiger charge is 2.14. The van der Waals surface area contributed by atoms with Gasteiger partial charge in [0.15, 0.2) is 0 Å². The molecular formula is C13H9ClN2O4S. The minimum absolute atomic E-state index is 0.0144.